The number of hydrogen-bond acceptors (Lipinski definition) is 5. The monoisotopic (exact) mass is 469 g/mol. The predicted octanol–water partition coefficient (Wildman–Crippen LogP) is 7.19. The van der Waals surface area contributed by atoms with E-state index < -0.39 is 0 Å². The standard InChI is InChI=1S/C29H35N5O/c1-8-19(3)34-20(4)31-26-24(14-15-30-27(26)34)33-25-16-21(13-12-18(25)2)28(35)32-23-11-9-10-22(17-23)29(5,6)7/h9-17,19,31H,4,8H2,1-3,5-7H3,(H,30,33)(H,32,35). The maximum atomic E-state index is 13.1. The van der Waals surface area contributed by atoms with Gasteiger partial charge in [-0.05, 0) is 67.1 Å². The maximum absolute atomic E-state index is 13.1. The van der Waals surface area contributed by atoms with E-state index in [0.29, 0.717) is 5.56 Å². The third-order valence-corrected chi connectivity index (χ3v) is 6.51. The second-order valence-electron chi connectivity index (χ2n) is 10.2. The largest absolute Gasteiger partial charge is 0.353 e. The summed E-state index contributed by atoms with van der Waals surface area (Å²) in [6.45, 7) is 17.0. The Kier molecular flexibility index (Phi) is 6.57. The van der Waals surface area contributed by atoms with Gasteiger partial charge in [0.05, 0.1) is 5.69 Å². The van der Waals surface area contributed by atoms with Crippen LogP contribution in [0.15, 0.2) is 67.1 Å². The highest BCUT2D eigenvalue weighted by atomic mass is 16.1. The first kappa shape index (κ1) is 24.3. The Morgan fingerprint density at radius 2 is 1.91 bits per heavy atom. The second kappa shape index (κ2) is 9.45. The number of carbonyl (C=O) groups is 1. The van der Waals surface area contributed by atoms with E-state index in [2.05, 4.69) is 73.1 Å². The number of amides is 1. The van der Waals surface area contributed by atoms with Crippen LogP contribution in [0.25, 0.3) is 0 Å². The van der Waals surface area contributed by atoms with E-state index in [-0.39, 0.29) is 17.4 Å². The number of fused-ring (bicyclic) bond motifs is 1. The molecule has 1 amide bonds. The molecule has 35 heavy (non-hydrogen) atoms. The van der Waals surface area contributed by atoms with Crippen LogP contribution in [0, 0.1) is 6.92 Å². The molecule has 3 N–H and O–H groups in total. The van der Waals surface area contributed by atoms with Gasteiger partial charge in [0, 0.05) is 29.2 Å². The zero-order chi connectivity index (χ0) is 25.3. The van der Waals surface area contributed by atoms with Crippen molar-refractivity contribution in [3.63, 3.8) is 0 Å². The molecule has 2 heterocycles. The molecule has 1 aliphatic heterocycles. The Morgan fingerprint density at radius 1 is 1.14 bits per heavy atom. The number of nitrogens with zero attached hydrogens (tertiary/aromatic N) is 2. The second-order valence-corrected chi connectivity index (χ2v) is 10.2. The SMILES string of the molecule is C=C1Nc2c(Nc3cc(C(=O)Nc4cccc(C(C)(C)C)c4)ccc3C)ccnc2N1C(C)CC. The fourth-order valence-corrected chi connectivity index (χ4v) is 4.16. The lowest BCUT2D eigenvalue weighted by atomic mass is 9.87. The molecule has 1 aromatic heterocycles. The summed E-state index contributed by atoms with van der Waals surface area (Å²) in [7, 11) is 0. The molecule has 1 aliphatic rings. The number of hydrogen-bond donors (Lipinski definition) is 3. The highest BCUT2D eigenvalue weighted by Crippen LogP contribution is 2.42. The number of rotatable bonds is 6. The van der Waals surface area contributed by atoms with Gasteiger partial charge in [0.25, 0.3) is 5.91 Å². The number of pyridine rings is 1. The lowest BCUT2D eigenvalue weighted by molar-refractivity contribution is 0.102. The van der Waals surface area contributed by atoms with Gasteiger partial charge in [0.15, 0.2) is 5.82 Å². The van der Waals surface area contributed by atoms with Crippen molar-refractivity contribution >= 4 is 34.5 Å². The Balaban J connectivity index is 1.59. The predicted molar refractivity (Wildman–Crippen MR) is 147 cm³/mol. The highest BCUT2D eigenvalue weighted by Gasteiger charge is 2.29. The molecule has 2 aromatic carbocycles. The van der Waals surface area contributed by atoms with Crippen molar-refractivity contribution in [2.24, 2.45) is 0 Å². The molecule has 6 nitrogen and oxygen atoms in total. The van der Waals surface area contributed by atoms with E-state index in [1.165, 1.54) is 5.56 Å². The summed E-state index contributed by atoms with van der Waals surface area (Å²) >= 11 is 0. The minimum atomic E-state index is -0.145. The van der Waals surface area contributed by atoms with E-state index in [1.807, 2.05) is 49.4 Å². The van der Waals surface area contributed by atoms with Gasteiger partial charge in [0.1, 0.15) is 11.5 Å². The van der Waals surface area contributed by atoms with Crippen molar-refractivity contribution in [1.82, 2.24) is 4.98 Å². The molecule has 0 saturated heterocycles. The molecule has 4 rings (SSSR count). The van der Waals surface area contributed by atoms with E-state index in [9.17, 15) is 4.79 Å². The number of benzene rings is 2. The molecular weight excluding hydrogens is 434 g/mol. The zero-order valence-corrected chi connectivity index (χ0v) is 21.5. The summed E-state index contributed by atoms with van der Waals surface area (Å²) in [6.07, 6.45) is 2.78. The molecule has 0 bridgehead atoms. The Morgan fingerprint density at radius 3 is 2.63 bits per heavy atom. The molecule has 0 fully saturated rings. The summed E-state index contributed by atoms with van der Waals surface area (Å²) in [6, 6.07) is 15.9. The van der Waals surface area contributed by atoms with E-state index in [4.69, 9.17) is 0 Å². The topological polar surface area (TPSA) is 69.3 Å². The minimum absolute atomic E-state index is 0.0102. The number of anilines is 5. The van der Waals surface area contributed by atoms with E-state index in [1.54, 1.807) is 6.20 Å². The van der Waals surface area contributed by atoms with Crippen molar-refractivity contribution in [2.45, 2.75) is 59.4 Å². The lowest BCUT2D eigenvalue weighted by Crippen LogP contribution is -2.30. The van der Waals surface area contributed by atoms with Crippen molar-refractivity contribution in [3.8, 4) is 0 Å². The van der Waals surface area contributed by atoms with Gasteiger partial charge in [-0.3, -0.25) is 4.79 Å². The summed E-state index contributed by atoms with van der Waals surface area (Å²) in [4.78, 5) is 19.8. The molecule has 182 valence electrons. The molecule has 6 heteroatoms. The maximum Gasteiger partial charge on any atom is 0.255 e. The third kappa shape index (κ3) is 5.02. The van der Waals surface area contributed by atoms with Gasteiger partial charge < -0.3 is 20.9 Å². The molecular formula is C29H35N5O. The normalized spacial score (nSPS) is 13.8. The number of carbonyl (C=O) groups excluding carboxylic acids is 1. The van der Waals surface area contributed by atoms with Crippen molar-refractivity contribution in [2.75, 3.05) is 20.9 Å². The fraction of sp³-hybridized carbons (Fsp3) is 0.310. The van der Waals surface area contributed by atoms with Crippen LogP contribution < -0.4 is 20.9 Å². The third-order valence-electron chi connectivity index (χ3n) is 6.51. The summed E-state index contributed by atoms with van der Waals surface area (Å²) < 4.78 is 0. The molecule has 0 radical (unpaired) electrons. The highest BCUT2D eigenvalue weighted by molar-refractivity contribution is 6.05. The number of nitrogens with one attached hydrogen (secondary N) is 3. The minimum Gasteiger partial charge on any atom is -0.353 e. The average molecular weight is 470 g/mol. The number of aromatic nitrogens is 1. The Hall–Kier alpha value is -3.80. The smallest absolute Gasteiger partial charge is 0.255 e. The van der Waals surface area contributed by atoms with Gasteiger partial charge >= 0.3 is 0 Å². The lowest BCUT2D eigenvalue weighted by Gasteiger charge is -2.24. The van der Waals surface area contributed by atoms with Crippen LogP contribution in [-0.2, 0) is 5.41 Å². The van der Waals surface area contributed by atoms with Gasteiger partial charge in [-0.15, -0.1) is 0 Å². The van der Waals surface area contributed by atoms with Gasteiger partial charge in [-0.1, -0.05) is 52.5 Å². The first-order valence-electron chi connectivity index (χ1n) is 12.1. The quantitative estimate of drug-likeness (QED) is 0.357. The average Bonchev–Trinajstić information content (AvgIpc) is 3.16. The Labute approximate surface area is 208 Å². The van der Waals surface area contributed by atoms with Crippen LogP contribution in [0.3, 0.4) is 0 Å². The first-order valence-corrected chi connectivity index (χ1v) is 12.1. The van der Waals surface area contributed by atoms with Gasteiger partial charge in [0.2, 0.25) is 0 Å². The molecule has 0 aliphatic carbocycles. The van der Waals surface area contributed by atoms with Crippen LogP contribution in [0.5, 0.6) is 0 Å². The molecule has 0 spiro atoms. The first-order chi connectivity index (χ1) is 16.6. The van der Waals surface area contributed by atoms with Crippen LogP contribution in [-0.4, -0.2) is 16.9 Å². The summed E-state index contributed by atoms with van der Waals surface area (Å²) in [5, 5.41) is 9.94. The van der Waals surface area contributed by atoms with Crippen LogP contribution >= 0.6 is 0 Å². The van der Waals surface area contributed by atoms with Crippen molar-refractivity contribution < 1.29 is 4.79 Å². The summed E-state index contributed by atoms with van der Waals surface area (Å²) in [5.41, 5.74) is 6.25. The van der Waals surface area contributed by atoms with Crippen LogP contribution in [0.2, 0.25) is 0 Å². The van der Waals surface area contributed by atoms with Crippen molar-refractivity contribution in [1.29, 1.82) is 0 Å². The fourth-order valence-electron chi connectivity index (χ4n) is 4.16. The van der Waals surface area contributed by atoms with E-state index >= 15 is 0 Å². The van der Waals surface area contributed by atoms with Crippen LogP contribution in [0.4, 0.5) is 28.6 Å². The molecule has 3 aromatic rings. The van der Waals surface area contributed by atoms with Crippen molar-refractivity contribution in [3.05, 3.63) is 83.8 Å². The summed E-state index contributed by atoms with van der Waals surface area (Å²) in [5.74, 6) is 1.53. The molecule has 1 atom stereocenters. The van der Waals surface area contributed by atoms with E-state index in [0.717, 1.165) is 46.4 Å². The zero-order valence-electron chi connectivity index (χ0n) is 21.5. The number of aryl methyl sites for hydroxylation is 1. The Bertz CT molecular complexity index is 1270. The molecule has 0 saturated carbocycles. The van der Waals surface area contributed by atoms with Crippen LogP contribution in [0.1, 0.15) is 62.5 Å². The van der Waals surface area contributed by atoms with Gasteiger partial charge in [-0.2, -0.15) is 0 Å². The molecule has 1 unspecified atom stereocenters. The van der Waals surface area contributed by atoms with Gasteiger partial charge in [-0.25, -0.2) is 4.98 Å².